The van der Waals surface area contributed by atoms with Gasteiger partial charge in [0, 0.05) is 29.8 Å². The zero-order valence-electron chi connectivity index (χ0n) is 17.4. The van der Waals surface area contributed by atoms with Gasteiger partial charge in [-0.15, -0.1) is 0 Å². The average Bonchev–Trinajstić information content (AvgIpc) is 2.78. The Morgan fingerprint density at radius 1 is 0.941 bits per heavy atom. The zero-order chi connectivity index (χ0) is 24.9. The largest absolute Gasteiger partial charge is 0.383 e. The lowest BCUT2D eigenvalue weighted by Crippen LogP contribution is -2.13. The van der Waals surface area contributed by atoms with Gasteiger partial charge < -0.3 is 5.32 Å². The van der Waals surface area contributed by atoms with Crippen LogP contribution in [0.2, 0.25) is 5.02 Å². The van der Waals surface area contributed by atoms with Crippen molar-refractivity contribution in [2.75, 3.05) is 22.5 Å². The second-order valence-corrected chi connectivity index (χ2v) is 8.82. The van der Waals surface area contributed by atoms with Crippen molar-refractivity contribution in [3.63, 3.8) is 0 Å². The predicted octanol–water partition coefficient (Wildman–Crippen LogP) is 4.44. The summed E-state index contributed by atoms with van der Waals surface area (Å²) in [5, 5.41) is 29.6. The molecule has 0 radical (unpaired) electrons. The van der Waals surface area contributed by atoms with E-state index in [4.69, 9.17) is 11.6 Å². The molecule has 12 nitrogen and oxygen atoms in total. The minimum Gasteiger partial charge on any atom is -0.383 e. The third-order valence-electron chi connectivity index (χ3n) is 4.44. The Balaban J connectivity index is 1.84. The van der Waals surface area contributed by atoms with E-state index in [0.29, 0.717) is 16.3 Å². The van der Waals surface area contributed by atoms with E-state index in [2.05, 4.69) is 20.6 Å². The van der Waals surface area contributed by atoms with Gasteiger partial charge in [0.2, 0.25) is 0 Å². The molecule has 0 aliphatic carbocycles. The van der Waals surface area contributed by atoms with Crippen LogP contribution in [0.25, 0.3) is 0 Å². The van der Waals surface area contributed by atoms with Crippen LogP contribution in [0, 0.1) is 20.2 Å². The van der Waals surface area contributed by atoms with E-state index in [0.717, 1.165) is 6.07 Å². The molecule has 0 spiro atoms. The van der Waals surface area contributed by atoms with Crippen molar-refractivity contribution in [3.05, 3.63) is 91.5 Å². The Bertz CT molecular complexity index is 1400. The first-order valence-corrected chi connectivity index (χ1v) is 11.3. The molecule has 0 aliphatic rings. The molecule has 14 heteroatoms. The first-order valence-electron chi connectivity index (χ1n) is 9.43. The second-order valence-electron chi connectivity index (χ2n) is 6.71. The molecule has 0 bridgehead atoms. The number of hydrogen-bond donors (Lipinski definition) is 3. The number of rotatable bonds is 9. The van der Waals surface area contributed by atoms with Crippen molar-refractivity contribution < 1.29 is 18.3 Å². The molecule has 0 fully saturated rings. The molecule has 0 saturated carbocycles. The summed E-state index contributed by atoms with van der Waals surface area (Å²) in [6.45, 7) is 0. The molecule has 0 atom stereocenters. The summed E-state index contributed by atoms with van der Waals surface area (Å²) in [5.41, 5.74) is 2.55. The van der Waals surface area contributed by atoms with E-state index in [1.165, 1.54) is 42.6 Å². The van der Waals surface area contributed by atoms with Crippen LogP contribution in [-0.2, 0) is 10.0 Å². The molecule has 0 unspecified atom stereocenters. The van der Waals surface area contributed by atoms with Crippen molar-refractivity contribution in [2.45, 2.75) is 4.90 Å². The first kappa shape index (κ1) is 24.4. The highest BCUT2D eigenvalue weighted by Gasteiger charge is 2.22. The minimum absolute atomic E-state index is 0.0794. The Kier molecular flexibility index (Phi) is 7.28. The molecule has 0 amide bonds. The molecule has 3 aromatic carbocycles. The lowest BCUT2D eigenvalue weighted by atomic mass is 10.2. The van der Waals surface area contributed by atoms with E-state index < -0.39 is 25.6 Å². The van der Waals surface area contributed by atoms with E-state index in [-0.39, 0.29) is 22.0 Å². The smallest absolute Gasteiger partial charge is 0.295 e. The maximum Gasteiger partial charge on any atom is 0.295 e. The lowest BCUT2D eigenvalue weighted by molar-refractivity contribution is -0.384. The molecule has 3 aromatic rings. The lowest BCUT2D eigenvalue weighted by Gasteiger charge is -2.09. The standard InChI is InChI=1S/C20H17ClN6O6S/c1-22-17-7-5-13(9-19(17)26(28)29)12-23-24-18-8-6-16(11-20(18)27(30)31)34(32,33)25-15-4-2-3-14(21)10-15/h2-12,22,24-25H,1H3/b23-12+. The van der Waals surface area contributed by atoms with Crippen LogP contribution in [0.15, 0.2) is 70.7 Å². The second kappa shape index (κ2) is 10.1. The normalized spacial score (nSPS) is 11.2. The Hall–Kier alpha value is -4.23. The van der Waals surface area contributed by atoms with Gasteiger partial charge in [0.1, 0.15) is 11.4 Å². The molecule has 0 aromatic heterocycles. The maximum atomic E-state index is 12.7. The molecular formula is C20H17ClN6O6S. The molecule has 0 heterocycles. The SMILES string of the molecule is CNc1ccc(/C=N/Nc2ccc(S(=O)(=O)Nc3cccc(Cl)c3)cc2[N+](=O)[O-])cc1[N+](=O)[O-]. The van der Waals surface area contributed by atoms with Crippen molar-refractivity contribution in [1.29, 1.82) is 0 Å². The number of nitro groups is 2. The van der Waals surface area contributed by atoms with Gasteiger partial charge in [-0.3, -0.25) is 30.4 Å². The van der Waals surface area contributed by atoms with Crippen molar-refractivity contribution >= 4 is 56.3 Å². The summed E-state index contributed by atoms with van der Waals surface area (Å²) >= 11 is 5.86. The van der Waals surface area contributed by atoms with Gasteiger partial charge in [0.25, 0.3) is 21.4 Å². The Morgan fingerprint density at radius 3 is 2.26 bits per heavy atom. The molecule has 3 N–H and O–H groups in total. The fraction of sp³-hybridized carbons (Fsp3) is 0.0500. The van der Waals surface area contributed by atoms with Crippen LogP contribution < -0.4 is 15.5 Å². The van der Waals surface area contributed by atoms with Gasteiger partial charge in [-0.1, -0.05) is 23.7 Å². The van der Waals surface area contributed by atoms with Crippen LogP contribution in [-0.4, -0.2) is 31.5 Å². The van der Waals surface area contributed by atoms with Crippen LogP contribution in [0.4, 0.5) is 28.4 Å². The van der Waals surface area contributed by atoms with Crippen LogP contribution >= 0.6 is 11.6 Å². The fourth-order valence-electron chi connectivity index (χ4n) is 2.86. The molecule has 0 saturated heterocycles. The van der Waals surface area contributed by atoms with E-state index in [1.54, 1.807) is 25.2 Å². The minimum atomic E-state index is -4.13. The number of anilines is 3. The van der Waals surface area contributed by atoms with Gasteiger partial charge in [-0.25, -0.2) is 8.42 Å². The third kappa shape index (κ3) is 5.76. The van der Waals surface area contributed by atoms with Gasteiger partial charge in [-0.2, -0.15) is 5.10 Å². The van der Waals surface area contributed by atoms with E-state index in [9.17, 15) is 28.6 Å². The topological polar surface area (TPSA) is 169 Å². The number of halogens is 1. The van der Waals surface area contributed by atoms with E-state index >= 15 is 0 Å². The highest BCUT2D eigenvalue weighted by molar-refractivity contribution is 7.92. The van der Waals surface area contributed by atoms with Crippen LogP contribution in [0.1, 0.15) is 5.56 Å². The van der Waals surface area contributed by atoms with Crippen molar-refractivity contribution in [1.82, 2.24) is 0 Å². The van der Waals surface area contributed by atoms with Crippen LogP contribution in [0.5, 0.6) is 0 Å². The highest BCUT2D eigenvalue weighted by atomic mass is 35.5. The monoisotopic (exact) mass is 504 g/mol. The zero-order valence-corrected chi connectivity index (χ0v) is 19.0. The number of sulfonamides is 1. The Labute approximate surface area is 198 Å². The number of nitrogens with zero attached hydrogens (tertiary/aromatic N) is 3. The molecule has 0 aliphatic heterocycles. The first-order chi connectivity index (χ1) is 16.1. The number of hydrogen-bond acceptors (Lipinski definition) is 9. The van der Waals surface area contributed by atoms with Crippen molar-refractivity contribution in [3.8, 4) is 0 Å². The molecule has 3 rings (SSSR count). The van der Waals surface area contributed by atoms with Gasteiger partial charge in [0.15, 0.2) is 0 Å². The summed E-state index contributed by atoms with van der Waals surface area (Å²) < 4.78 is 27.6. The fourth-order valence-corrected chi connectivity index (χ4v) is 4.12. The summed E-state index contributed by atoms with van der Waals surface area (Å²) in [5.74, 6) is 0. The molecular weight excluding hydrogens is 488 g/mol. The van der Waals surface area contributed by atoms with Crippen LogP contribution in [0.3, 0.4) is 0 Å². The quantitative estimate of drug-likeness (QED) is 0.218. The maximum absolute atomic E-state index is 12.7. The summed E-state index contributed by atoms with van der Waals surface area (Å²) in [7, 11) is -2.59. The average molecular weight is 505 g/mol. The third-order valence-corrected chi connectivity index (χ3v) is 6.05. The number of hydrazone groups is 1. The molecule has 176 valence electrons. The Morgan fingerprint density at radius 2 is 1.62 bits per heavy atom. The number of nitrogens with one attached hydrogen (secondary N) is 3. The van der Waals surface area contributed by atoms with Gasteiger partial charge in [-0.05, 0) is 36.4 Å². The van der Waals surface area contributed by atoms with Gasteiger partial charge >= 0.3 is 0 Å². The molecule has 34 heavy (non-hydrogen) atoms. The van der Waals surface area contributed by atoms with Crippen molar-refractivity contribution in [2.24, 2.45) is 5.10 Å². The summed E-state index contributed by atoms with van der Waals surface area (Å²) in [6, 6.07) is 13.6. The summed E-state index contributed by atoms with van der Waals surface area (Å²) in [6.07, 6.45) is 1.24. The highest BCUT2D eigenvalue weighted by Crippen LogP contribution is 2.29. The number of nitro benzene ring substituents is 2. The van der Waals surface area contributed by atoms with Gasteiger partial charge in [0.05, 0.1) is 26.6 Å². The predicted molar refractivity (Wildman–Crippen MR) is 129 cm³/mol. The summed E-state index contributed by atoms with van der Waals surface area (Å²) in [4.78, 5) is 21.0. The number of benzene rings is 3. The van der Waals surface area contributed by atoms with E-state index in [1.807, 2.05) is 0 Å².